The Morgan fingerprint density at radius 3 is 2.57 bits per heavy atom. The van der Waals surface area contributed by atoms with Crippen LogP contribution in [0.1, 0.15) is 25.8 Å². The van der Waals surface area contributed by atoms with E-state index in [9.17, 15) is 4.79 Å². The lowest BCUT2D eigenvalue weighted by atomic mass is 10.1. The third kappa shape index (κ3) is 5.37. The van der Waals surface area contributed by atoms with Crippen molar-refractivity contribution in [2.75, 3.05) is 19.6 Å². The first kappa shape index (κ1) is 20.4. The van der Waals surface area contributed by atoms with Crippen molar-refractivity contribution < 1.29 is 4.74 Å². The van der Waals surface area contributed by atoms with Crippen molar-refractivity contribution in [1.82, 2.24) is 9.88 Å². The van der Waals surface area contributed by atoms with Crippen LogP contribution >= 0.6 is 11.6 Å². The van der Waals surface area contributed by atoms with E-state index in [0.717, 1.165) is 54.2 Å². The summed E-state index contributed by atoms with van der Waals surface area (Å²) in [4.78, 5) is 16.6. The van der Waals surface area contributed by atoms with Crippen molar-refractivity contribution in [3.63, 3.8) is 0 Å². The van der Waals surface area contributed by atoms with Crippen LogP contribution in [0.4, 0.5) is 0 Å². The Hall–Kier alpha value is -2.30. The normalized spacial score (nSPS) is 14.2. The zero-order valence-electron chi connectivity index (χ0n) is 16.5. The van der Waals surface area contributed by atoms with Crippen LogP contribution in [-0.4, -0.2) is 35.6 Å². The number of likely N-dealkylation sites (tertiary alicyclic amines) is 1. The summed E-state index contributed by atoms with van der Waals surface area (Å²) in [6.07, 6.45) is 2.45. The van der Waals surface area contributed by atoms with Gasteiger partial charge in [0, 0.05) is 35.1 Å². The van der Waals surface area contributed by atoms with Gasteiger partial charge < -0.3 is 9.72 Å². The average Bonchev–Trinajstić information content (AvgIpc) is 2.69. The van der Waals surface area contributed by atoms with Gasteiger partial charge in [-0.3, -0.25) is 9.69 Å². The minimum Gasteiger partial charge on any atom is -0.488 e. The van der Waals surface area contributed by atoms with Gasteiger partial charge in [0.1, 0.15) is 11.9 Å². The van der Waals surface area contributed by atoms with Crippen molar-refractivity contribution in [3.8, 4) is 5.75 Å². The highest BCUT2D eigenvalue weighted by Gasteiger charge is 2.27. The maximum atomic E-state index is 11.3. The summed E-state index contributed by atoms with van der Waals surface area (Å²) in [7, 11) is 0. The monoisotopic (exact) mass is 398 g/mol. The van der Waals surface area contributed by atoms with E-state index in [1.807, 2.05) is 50.2 Å². The predicted molar refractivity (Wildman–Crippen MR) is 117 cm³/mol. The largest absolute Gasteiger partial charge is 0.488 e. The molecule has 0 aliphatic carbocycles. The minimum absolute atomic E-state index is 0.0839. The molecule has 1 N–H and O–H groups in total. The molecule has 0 amide bonds. The van der Waals surface area contributed by atoms with Crippen molar-refractivity contribution in [2.45, 2.75) is 32.8 Å². The summed E-state index contributed by atoms with van der Waals surface area (Å²) in [5.41, 5.74) is 2.08. The number of hydrogen-bond acceptors (Lipinski definition) is 3. The number of fused-ring (bicyclic) bond motifs is 1. The molecule has 0 spiro atoms. The molecule has 2 aromatic carbocycles. The maximum absolute atomic E-state index is 11.3. The van der Waals surface area contributed by atoms with Crippen LogP contribution in [0.25, 0.3) is 10.9 Å². The molecular weight excluding hydrogens is 372 g/mol. The Bertz CT molecular complexity index is 947. The number of hydrogen-bond donors (Lipinski definition) is 1. The summed E-state index contributed by atoms with van der Waals surface area (Å²) in [6, 6.07) is 17.2. The number of aryl methyl sites for hydroxylation is 1. The molecule has 4 nitrogen and oxygen atoms in total. The van der Waals surface area contributed by atoms with Crippen LogP contribution < -0.4 is 10.3 Å². The van der Waals surface area contributed by atoms with Crippen molar-refractivity contribution in [2.24, 2.45) is 0 Å². The van der Waals surface area contributed by atoms with Crippen molar-refractivity contribution in [1.29, 1.82) is 0 Å². The lowest BCUT2D eigenvalue weighted by Crippen LogP contribution is -2.53. The highest BCUT2D eigenvalue weighted by Crippen LogP contribution is 2.22. The average molecular weight is 399 g/mol. The molecule has 0 saturated carbocycles. The molecule has 28 heavy (non-hydrogen) atoms. The number of nitrogens with zero attached hydrogens (tertiary/aromatic N) is 1. The number of H-pyrrole nitrogens is 1. The number of ether oxygens (including phenoxy) is 1. The SMILES string of the molecule is CC.O=c1ccc2cc(OC3CN(CCCc4ccc(Cl)cc4)C3)ccc2[nH]1. The predicted octanol–water partition coefficient (Wildman–Crippen LogP) is 4.90. The van der Waals surface area contributed by atoms with Crippen LogP contribution in [0.2, 0.25) is 5.02 Å². The van der Waals surface area contributed by atoms with Gasteiger partial charge in [-0.25, -0.2) is 0 Å². The van der Waals surface area contributed by atoms with E-state index in [1.165, 1.54) is 11.6 Å². The van der Waals surface area contributed by atoms with Crippen LogP contribution in [0.5, 0.6) is 5.75 Å². The van der Waals surface area contributed by atoms with E-state index < -0.39 is 0 Å². The molecule has 4 rings (SSSR count). The molecule has 0 unspecified atom stereocenters. The Kier molecular flexibility index (Phi) is 7.12. The fraction of sp³-hybridized carbons (Fsp3) is 0.348. The number of benzene rings is 2. The topological polar surface area (TPSA) is 45.3 Å². The maximum Gasteiger partial charge on any atom is 0.248 e. The lowest BCUT2D eigenvalue weighted by molar-refractivity contribution is 0.0196. The van der Waals surface area contributed by atoms with Crippen molar-refractivity contribution in [3.05, 3.63) is 75.5 Å². The molecule has 1 aromatic heterocycles. The summed E-state index contributed by atoms with van der Waals surface area (Å²) >= 11 is 5.91. The Labute approximate surface area is 171 Å². The molecule has 5 heteroatoms. The number of rotatable bonds is 6. The van der Waals surface area contributed by atoms with Gasteiger partial charge in [-0.1, -0.05) is 37.6 Å². The van der Waals surface area contributed by atoms with E-state index in [4.69, 9.17) is 16.3 Å². The molecule has 1 saturated heterocycles. The number of nitrogens with one attached hydrogen (secondary N) is 1. The minimum atomic E-state index is -0.0839. The second-order valence-corrected chi connectivity index (χ2v) is 7.24. The first-order valence-corrected chi connectivity index (χ1v) is 10.3. The van der Waals surface area contributed by atoms with Crippen LogP contribution in [0, 0.1) is 0 Å². The second kappa shape index (κ2) is 9.76. The summed E-state index contributed by atoms with van der Waals surface area (Å²) in [5, 5.41) is 1.78. The summed E-state index contributed by atoms with van der Waals surface area (Å²) in [5.74, 6) is 0.857. The third-order valence-corrected chi connectivity index (χ3v) is 5.03. The molecule has 3 aromatic rings. The fourth-order valence-corrected chi connectivity index (χ4v) is 3.46. The molecular formula is C23H27ClN2O2. The number of halogens is 1. The number of aromatic nitrogens is 1. The Balaban J connectivity index is 0.00000109. The zero-order valence-corrected chi connectivity index (χ0v) is 17.2. The molecule has 2 heterocycles. The van der Waals surface area contributed by atoms with Gasteiger partial charge in [-0.2, -0.15) is 0 Å². The van der Waals surface area contributed by atoms with Gasteiger partial charge in [0.05, 0.1) is 0 Å². The summed E-state index contributed by atoms with van der Waals surface area (Å²) < 4.78 is 6.05. The second-order valence-electron chi connectivity index (χ2n) is 6.80. The van der Waals surface area contributed by atoms with E-state index in [1.54, 1.807) is 0 Å². The van der Waals surface area contributed by atoms with E-state index in [-0.39, 0.29) is 11.7 Å². The standard InChI is InChI=1S/C21H21ClN2O2.C2H6/c22-17-6-3-15(4-7-17)2-1-11-24-13-19(14-24)26-18-8-9-20-16(12-18)5-10-21(25)23-20;1-2/h3-10,12,19H,1-2,11,13-14H2,(H,23,25);1-2H3. The molecule has 148 valence electrons. The molecule has 0 radical (unpaired) electrons. The zero-order chi connectivity index (χ0) is 19.9. The van der Waals surface area contributed by atoms with Gasteiger partial charge in [0.15, 0.2) is 0 Å². The molecule has 0 bridgehead atoms. The highest BCUT2D eigenvalue weighted by molar-refractivity contribution is 6.30. The number of aromatic amines is 1. The molecule has 1 aliphatic rings. The third-order valence-electron chi connectivity index (χ3n) is 4.77. The molecule has 0 atom stereocenters. The first-order chi connectivity index (χ1) is 13.7. The van der Waals surface area contributed by atoms with Crippen LogP contribution in [-0.2, 0) is 6.42 Å². The smallest absolute Gasteiger partial charge is 0.248 e. The first-order valence-electron chi connectivity index (χ1n) is 9.92. The lowest BCUT2D eigenvalue weighted by Gasteiger charge is -2.39. The van der Waals surface area contributed by atoms with Crippen LogP contribution in [0.15, 0.2) is 59.4 Å². The van der Waals surface area contributed by atoms with Crippen LogP contribution in [0.3, 0.4) is 0 Å². The van der Waals surface area contributed by atoms with Gasteiger partial charge in [0.2, 0.25) is 5.56 Å². The van der Waals surface area contributed by atoms with Crippen molar-refractivity contribution >= 4 is 22.5 Å². The van der Waals surface area contributed by atoms with E-state index >= 15 is 0 Å². The van der Waals surface area contributed by atoms with E-state index in [2.05, 4.69) is 22.0 Å². The molecule has 1 fully saturated rings. The number of pyridine rings is 1. The van der Waals surface area contributed by atoms with E-state index in [0.29, 0.717) is 0 Å². The van der Waals surface area contributed by atoms with Gasteiger partial charge in [-0.05, 0) is 61.3 Å². The quantitative estimate of drug-likeness (QED) is 0.642. The Morgan fingerprint density at radius 1 is 1.07 bits per heavy atom. The molecule has 1 aliphatic heterocycles. The summed E-state index contributed by atoms with van der Waals surface area (Å²) in [6.45, 7) is 7.01. The Morgan fingerprint density at radius 2 is 1.82 bits per heavy atom. The van der Waals surface area contributed by atoms with Gasteiger partial charge >= 0.3 is 0 Å². The van der Waals surface area contributed by atoms with Gasteiger partial charge in [0.25, 0.3) is 0 Å². The fourth-order valence-electron chi connectivity index (χ4n) is 3.34. The van der Waals surface area contributed by atoms with Gasteiger partial charge in [-0.15, -0.1) is 0 Å². The highest BCUT2D eigenvalue weighted by atomic mass is 35.5.